The maximum atomic E-state index is 6.32. The third-order valence-electron chi connectivity index (χ3n) is 5.02. The molecule has 0 fully saturated rings. The fraction of sp³-hybridized carbons (Fsp3) is 0.250. The average molecular weight is 453 g/mol. The number of nitrogen functional groups attached to an aromatic ring is 2. The lowest BCUT2D eigenvalue weighted by Crippen LogP contribution is -2.31. The molecule has 4 rings (SSSR count). The van der Waals surface area contributed by atoms with Gasteiger partial charge in [-0.15, -0.1) is 23.1 Å². The highest BCUT2D eigenvalue weighted by Crippen LogP contribution is 2.31. The van der Waals surface area contributed by atoms with Crippen molar-refractivity contribution >= 4 is 34.5 Å². The summed E-state index contributed by atoms with van der Waals surface area (Å²) in [6.07, 6.45) is 5.38. The lowest BCUT2D eigenvalue weighted by atomic mass is 10.2. The average Bonchev–Trinajstić information content (AvgIpc) is 3.46. The molecule has 31 heavy (non-hydrogen) atoms. The molecule has 4 N–H and O–H groups in total. The SMILES string of the molecule is Nc1ccc(OC(CN2C=CN(CCCSc3ccccc3)C2)c2cccs2)c(N)c1. The molecule has 1 aliphatic rings. The smallest absolute Gasteiger partial charge is 0.150 e. The van der Waals surface area contributed by atoms with Crippen LogP contribution in [0, 0.1) is 0 Å². The fourth-order valence-electron chi connectivity index (χ4n) is 3.45. The van der Waals surface area contributed by atoms with Crippen molar-refractivity contribution in [3.05, 3.63) is 83.3 Å². The van der Waals surface area contributed by atoms with E-state index in [4.69, 9.17) is 16.2 Å². The Balaban J connectivity index is 1.28. The molecule has 162 valence electrons. The van der Waals surface area contributed by atoms with Crippen LogP contribution < -0.4 is 16.2 Å². The van der Waals surface area contributed by atoms with E-state index in [2.05, 4.69) is 70.0 Å². The first-order valence-electron chi connectivity index (χ1n) is 10.4. The van der Waals surface area contributed by atoms with Crippen LogP contribution in [-0.4, -0.2) is 35.3 Å². The molecule has 3 aromatic rings. The Kier molecular flexibility index (Phi) is 7.27. The van der Waals surface area contributed by atoms with Gasteiger partial charge in [0.1, 0.15) is 5.75 Å². The van der Waals surface area contributed by atoms with E-state index < -0.39 is 0 Å². The molecule has 5 nitrogen and oxygen atoms in total. The third kappa shape index (κ3) is 6.12. The molecule has 7 heteroatoms. The van der Waals surface area contributed by atoms with E-state index in [1.165, 1.54) is 9.77 Å². The van der Waals surface area contributed by atoms with Gasteiger partial charge in [0, 0.05) is 34.4 Å². The maximum Gasteiger partial charge on any atom is 0.150 e. The molecule has 0 saturated heterocycles. The number of benzene rings is 2. The number of rotatable bonds is 10. The molecule has 2 heterocycles. The highest BCUT2D eigenvalue weighted by atomic mass is 32.2. The van der Waals surface area contributed by atoms with Gasteiger partial charge in [0.2, 0.25) is 0 Å². The van der Waals surface area contributed by atoms with Crippen molar-refractivity contribution < 1.29 is 4.74 Å². The first kappa shape index (κ1) is 21.5. The van der Waals surface area contributed by atoms with Gasteiger partial charge < -0.3 is 26.0 Å². The fourth-order valence-corrected chi connectivity index (χ4v) is 5.06. The van der Waals surface area contributed by atoms with Crippen molar-refractivity contribution in [1.29, 1.82) is 0 Å². The van der Waals surface area contributed by atoms with Gasteiger partial charge in [-0.3, -0.25) is 0 Å². The van der Waals surface area contributed by atoms with Crippen LogP contribution in [0.4, 0.5) is 11.4 Å². The van der Waals surface area contributed by atoms with Gasteiger partial charge in [-0.05, 0) is 54.0 Å². The monoisotopic (exact) mass is 452 g/mol. The van der Waals surface area contributed by atoms with Gasteiger partial charge in [0.15, 0.2) is 6.10 Å². The Morgan fingerprint density at radius 3 is 2.61 bits per heavy atom. The summed E-state index contributed by atoms with van der Waals surface area (Å²) in [6, 6.07) is 20.2. The van der Waals surface area contributed by atoms with Crippen LogP contribution in [0.5, 0.6) is 5.75 Å². The van der Waals surface area contributed by atoms with E-state index in [0.29, 0.717) is 17.1 Å². The van der Waals surface area contributed by atoms with Gasteiger partial charge in [-0.2, -0.15) is 0 Å². The Bertz CT molecular complexity index is 979. The van der Waals surface area contributed by atoms with Crippen molar-refractivity contribution in [2.24, 2.45) is 0 Å². The molecule has 2 aromatic carbocycles. The van der Waals surface area contributed by atoms with Crippen LogP contribution in [0.2, 0.25) is 0 Å². The molecular weight excluding hydrogens is 424 g/mol. The lowest BCUT2D eigenvalue weighted by molar-refractivity contribution is 0.148. The quantitative estimate of drug-likeness (QED) is 0.248. The number of hydrogen-bond acceptors (Lipinski definition) is 7. The van der Waals surface area contributed by atoms with Crippen LogP contribution in [0.3, 0.4) is 0 Å². The van der Waals surface area contributed by atoms with Crippen molar-refractivity contribution in [1.82, 2.24) is 9.80 Å². The van der Waals surface area contributed by atoms with E-state index in [0.717, 1.165) is 31.9 Å². The first-order chi connectivity index (χ1) is 15.2. The second-order valence-corrected chi connectivity index (χ2v) is 9.61. The largest absolute Gasteiger partial charge is 0.481 e. The van der Waals surface area contributed by atoms with Gasteiger partial charge in [0.05, 0.1) is 18.9 Å². The second-order valence-electron chi connectivity index (χ2n) is 7.46. The molecule has 1 aliphatic heterocycles. The highest BCUT2D eigenvalue weighted by molar-refractivity contribution is 7.99. The minimum absolute atomic E-state index is 0.0934. The Morgan fingerprint density at radius 2 is 1.84 bits per heavy atom. The van der Waals surface area contributed by atoms with E-state index >= 15 is 0 Å². The summed E-state index contributed by atoms with van der Waals surface area (Å²) in [5.74, 6) is 1.79. The summed E-state index contributed by atoms with van der Waals surface area (Å²) < 4.78 is 6.32. The van der Waals surface area contributed by atoms with Gasteiger partial charge >= 0.3 is 0 Å². The molecule has 0 saturated carbocycles. The summed E-state index contributed by atoms with van der Waals surface area (Å²) in [5, 5.41) is 2.08. The summed E-state index contributed by atoms with van der Waals surface area (Å²) >= 11 is 3.61. The minimum Gasteiger partial charge on any atom is -0.481 e. The summed E-state index contributed by atoms with van der Waals surface area (Å²) in [7, 11) is 0. The minimum atomic E-state index is -0.0934. The molecule has 0 radical (unpaired) electrons. The van der Waals surface area contributed by atoms with E-state index in [-0.39, 0.29) is 6.10 Å². The number of ether oxygens (including phenoxy) is 1. The molecule has 0 amide bonds. The lowest BCUT2D eigenvalue weighted by Gasteiger charge is -2.26. The van der Waals surface area contributed by atoms with E-state index in [9.17, 15) is 0 Å². The predicted molar refractivity (Wildman–Crippen MR) is 132 cm³/mol. The first-order valence-corrected chi connectivity index (χ1v) is 12.2. The van der Waals surface area contributed by atoms with Crippen molar-refractivity contribution in [2.75, 3.05) is 37.0 Å². The molecule has 1 unspecified atom stereocenters. The topological polar surface area (TPSA) is 67.8 Å². The van der Waals surface area contributed by atoms with Crippen LogP contribution >= 0.6 is 23.1 Å². The third-order valence-corrected chi connectivity index (χ3v) is 7.08. The van der Waals surface area contributed by atoms with E-state index in [1.54, 1.807) is 17.4 Å². The maximum absolute atomic E-state index is 6.32. The number of thiophene rings is 1. The standard InChI is InChI=1S/C24H28N4OS2/c25-19-9-10-22(21(26)16-19)29-23(24-8-4-14-31-24)17-28-13-12-27(18-28)11-5-15-30-20-6-2-1-3-7-20/h1-4,6-10,12-14,16,23H,5,11,15,17-18,25-26H2. The van der Waals surface area contributed by atoms with Crippen molar-refractivity contribution in [3.8, 4) is 5.75 Å². The summed E-state index contributed by atoms with van der Waals surface area (Å²) in [4.78, 5) is 7.16. The molecule has 1 aromatic heterocycles. The Morgan fingerprint density at radius 1 is 1.00 bits per heavy atom. The number of hydrogen-bond donors (Lipinski definition) is 2. The zero-order chi connectivity index (χ0) is 21.5. The van der Waals surface area contributed by atoms with Gasteiger partial charge in [0.25, 0.3) is 0 Å². The highest BCUT2D eigenvalue weighted by Gasteiger charge is 2.21. The van der Waals surface area contributed by atoms with Crippen LogP contribution in [-0.2, 0) is 0 Å². The Hall–Kier alpha value is -2.77. The summed E-state index contributed by atoms with van der Waals surface area (Å²) in [5.41, 5.74) is 13.2. The number of nitrogens with zero attached hydrogens (tertiary/aromatic N) is 2. The predicted octanol–water partition coefficient (Wildman–Crippen LogP) is 5.26. The molecule has 0 bridgehead atoms. The van der Waals surface area contributed by atoms with Crippen LogP contribution in [0.15, 0.2) is 83.3 Å². The molecule has 0 spiro atoms. The van der Waals surface area contributed by atoms with E-state index in [1.807, 2.05) is 23.9 Å². The zero-order valence-electron chi connectivity index (χ0n) is 17.4. The van der Waals surface area contributed by atoms with Crippen LogP contribution in [0.25, 0.3) is 0 Å². The summed E-state index contributed by atoms with van der Waals surface area (Å²) in [6.45, 7) is 2.68. The second kappa shape index (κ2) is 10.5. The van der Waals surface area contributed by atoms with Crippen molar-refractivity contribution in [2.45, 2.75) is 17.4 Å². The molecular formula is C24H28N4OS2. The molecule has 1 atom stereocenters. The van der Waals surface area contributed by atoms with Crippen molar-refractivity contribution in [3.63, 3.8) is 0 Å². The van der Waals surface area contributed by atoms with Crippen LogP contribution in [0.1, 0.15) is 17.4 Å². The number of nitrogens with two attached hydrogens (primary N) is 2. The zero-order valence-corrected chi connectivity index (χ0v) is 19.0. The number of thioether (sulfide) groups is 1. The Labute approximate surface area is 192 Å². The van der Waals surface area contributed by atoms with Gasteiger partial charge in [-0.1, -0.05) is 24.3 Å². The molecule has 0 aliphatic carbocycles. The van der Waals surface area contributed by atoms with Gasteiger partial charge in [-0.25, -0.2) is 0 Å². The number of anilines is 2. The normalized spacial score (nSPS) is 14.2.